The lowest BCUT2D eigenvalue weighted by atomic mass is 10.2. The predicted molar refractivity (Wildman–Crippen MR) is 61.3 cm³/mol. The van der Waals surface area contributed by atoms with E-state index in [9.17, 15) is 0 Å². The van der Waals surface area contributed by atoms with Crippen LogP contribution >= 0.6 is 11.8 Å². The predicted octanol–water partition coefficient (Wildman–Crippen LogP) is 2.27. The maximum absolute atomic E-state index is 5.61. The zero-order valence-electron chi connectivity index (χ0n) is 9.30. The Morgan fingerprint density at radius 3 is 2.46 bits per heavy atom. The molecule has 0 saturated carbocycles. The van der Waals surface area contributed by atoms with E-state index in [2.05, 4.69) is 27.7 Å². The van der Waals surface area contributed by atoms with E-state index in [1.807, 2.05) is 11.8 Å². The molecule has 2 nitrogen and oxygen atoms in total. The van der Waals surface area contributed by atoms with Crippen molar-refractivity contribution in [3.05, 3.63) is 0 Å². The Morgan fingerprint density at radius 2 is 2.00 bits per heavy atom. The summed E-state index contributed by atoms with van der Waals surface area (Å²) in [4.78, 5) is 0. The molecular weight excluding hydrogens is 182 g/mol. The lowest BCUT2D eigenvalue weighted by Gasteiger charge is -2.19. The van der Waals surface area contributed by atoms with E-state index in [1.54, 1.807) is 0 Å². The van der Waals surface area contributed by atoms with Gasteiger partial charge in [-0.15, -0.1) is 0 Å². The summed E-state index contributed by atoms with van der Waals surface area (Å²) in [5, 5.41) is 0.661. The second-order valence-corrected chi connectivity index (χ2v) is 5.77. The van der Waals surface area contributed by atoms with Gasteiger partial charge in [0.15, 0.2) is 0 Å². The first-order valence-electron chi connectivity index (χ1n) is 4.91. The van der Waals surface area contributed by atoms with Crippen LogP contribution in [0.15, 0.2) is 0 Å². The van der Waals surface area contributed by atoms with Crippen molar-refractivity contribution >= 4 is 11.8 Å². The molecule has 13 heavy (non-hydrogen) atoms. The SMILES string of the molecule is CC(CCN)SCCOC(C)(C)C. The topological polar surface area (TPSA) is 35.2 Å². The van der Waals surface area contributed by atoms with Gasteiger partial charge in [0.1, 0.15) is 0 Å². The molecule has 0 radical (unpaired) electrons. The Bertz CT molecular complexity index is 123. The molecule has 0 aromatic carbocycles. The van der Waals surface area contributed by atoms with Crippen LogP contribution in [-0.2, 0) is 4.74 Å². The third-order valence-electron chi connectivity index (χ3n) is 1.59. The highest BCUT2D eigenvalue weighted by atomic mass is 32.2. The molecule has 0 heterocycles. The molecule has 1 unspecified atom stereocenters. The smallest absolute Gasteiger partial charge is 0.0598 e. The Balaban J connectivity index is 3.25. The number of hydrogen-bond donors (Lipinski definition) is 1. The fourth-order valence-corrected chi connectivity index (χ4v) is 1.80. The van der Waals surface area contributed by atoms with Crippen molar-refractivity contribution in [2.45, 2.75) is 45.0 Å². The minimum Gasteiger partial charge on any atom is -0.375 e. The Hall–Kier alpha value is 0.270. The average molecular weight is 205 g/mol. The van der Waals surface area contributed by atoms with Crippen LogP contribution < -0.4 is 5.73 Å². The van der Waals surface area contributed by atoms with E-state index in [-0.39, 0.29) is 5.60 Å². The first-order valence-corrected chi connectivity index (χ1v) is 5.96. The third-order valence-corrected chi connectivity index (χ3v) is 2.80. The van der Waals surface area contributed by atoms with Gasteiger partial charge in [0.2, 0.25) is 0 Å². The number of thioether (sulfide) groups is 1. The van der Waals surface area contributed by atoms with Crippen molar-refractivity contribution in [3.8, 4) is 0 Å². The molecule has 80 valence electrons. The van der Waals surface area contributed by atoms with Crippen LogP contribution in [0, 0.1) is 0 Å². The summed E-state index contributed by atoms with van der Waals surface area (Å²) < 4.78 is 5.61. The van der Waals surface area contributed by atoms with Crippen molar-refractivity contribution in [1.82, 2.24) is 0 Å². The summed E-state index contributed by atoms with van der Waals surface area (Å²) in [6, 6.07) is 0. The average Bonchev–Trinajstić information content (AvgIpc) is 1.97. The lowest BCUT2D eigenvalue weighted by molar-refractivity contribution is 0.00692. The van der Waals surface area contributed by atoms with E-state index in [0.29, 0.717) is 5.25 Å². The first-order chi connectivity index (χ1) is 5.95. The van der Waals surface area contributed by atoms with Crippen molar-refractivity contribution in [3.63, 3.8) is 0 Å². The third kappa shape index (κ3) is 10.2. The van der Waals surface area contributed by atoms with Crippen LogP contribution in [0.1, 0.15) is 34.1 Å². The molecule has 0 aliphatic rings. The first kappa shape index (κ1) is 13.3. The van der Waals surface area contributed by atoms with Gasteiger partial charge in [-0.3, -0.25) is 0 Å². The summed E-state index contributed by atoms with van der Waals surface area (Å²) in [7, 11) is 0. The summed E-state index contributed by atoms with van der Waals surface area (Å²) in [6.07, 6.45) is 1.10. The Labute approximate surface area is 86.6 Å². The normalized spacial score (nSPS) is 14.5. The molecule has 0 aromatic rings. The standard InChI is InChI=1S/C10H23NOS/c1-9(5-6-11)13-8-7-12-10(2,3)4/h9H,5-8,11H2,1-4H3. The number of rotatable bonds is 6. The van der Waals surface area contributed by atoms with Gasteiger partial charge in [-0.05, 0) is 33.7 Å². The maximum Gasteiger partial charge on any atom is 0.0598 e. The van der Waals surface area contributed by atoms with Gasteiger partial charge in [-0.2, -0.15) is 11.8 Å². The molecule has 0 amide bonds. The molecule has 0 aliphatic heterocycles. The van der Waals surface area contributed by atoms with E-state index >= 15 is 0 Å². The van der Waals surface area contributed by atoms with Gasteiger partial charge in [0.05, 0.1) is 12.2 Å². The summed E-state index contributed by atoms with van der Waals surface area (Å²) in [6.45, 7) is 10.1. The highest BCUT2D eigenvalue weighted by Crippen LogP contribution is 2.14. The van der Waals surface area contributed by atoms with E-state index in [0.717, 1.165) is 25.3 Å². The van der Waals surface area contributed by atoms with Gasteiger partial charge in [-0.25, -0.2) is 0 Å². The highest BCUT2D eigenvalue weighted by molar-refractivity contribution is 7.99. The van der Waals surface area contributed by atoms with Gasteiger partial charge < -0.3 is 10.5 Å². The molecule has 0 saturated heterocycles. The zero-order valence-corrected chi connectivity index (χ0v) is 10.1. The van der Waals surface area contributed by atoms with Crippen molar-refractivity contribution in [2.75, 3.05) is 18.9 Å². The van der Waals surface area contributed by atoms with Crippen LogP contribution in [0.25, 0.3) is 0 Å². The number of nitrogens with two attached hydrogens (primary N) is 1. The quantitative estimate of drug-likeness (QED) is 0.676. The molecule has 0 rings (SSSR count). The molecule has 0 aromatic heterocycles. The van der Waals surface area contributed by atoms with E-state index in [4.69, 9.17) is 10.5 Å². The largest absolute Gasteiger partial charge is 0.375 e. The molecule has 0 fully saturated rings. The Kier molecular flexibility index (Phi) is 6.82. The van der Waals surface area contributed by atoms with E-state index < -0.39 is 0 Å². The van der Waals surface area contributed by atoms with Gasteiger partial charge in [-0.1, -0.05) is 6.92 Å². The second kappa shape index (κ2) is 6.68. The minimum absolute atomic E-state index is 0.00232. The molecule has 0 spiro atoms. The molecular formula is C10H23NOS. The van der Waals surface area contributed by atoms with Crippen LogP contribution in [-0.4, -0.2) is 29.8 Å². The van der Waals surface area contributed by atoms with Crippen LogP contribution in [0.5, 0.6) is 0 Å². The van der Waals surface area contributed by atoms with Gasteiger partial charge in [0, 0.05) is 11.0 Å². The summed E-state index contributed by atoms with van der Waals surface area (Å²) in [5.74, 6) is 1.07. The number of hydrogen-bond acceptors (Lipinski definition) is 3. The molecule has 1 atom stereocenters. The fourth-order valence-electron chi connectivity index (χ4n) is 0.915. The van der Waals surface area contributed by atoms with Crippen molar-refractivity contribution in [1.29, 1.82) is 0 Å². The van der Waals surface area contributed by atoms with Crippen LogP contribution in [0.2, 0.25) is 0 Å². The zero-order chi connectivity index (χ0) is 10.3. The van der Waals surface area contributed by atoms with Crippen LogP contribution in [0.4, 0.5) is 0 Å². The Morgan fingerprint density at radius 1 is 1.38 bits per heavy atom. The van der Waals surface area contributed by atoms with Gasteiger partial charge in [0.25, 0.3) is 0 Å². The molecule has 3 heteroatoms. The van der Waals surface area contributed by atoms with Crippen molar-refractivity contribution < 1.29 is 4.74 Å². The lowest BCUT2D eigenvalue weighted by Crippen LogP contribution is -2.21. The van der Waals surface area contributed by atoms with Crippen molar-refractivity contribution in [2.24, 2.45) is 5.73 Å². The summed E-state index contributed by atoms with van der Waals surface area (Å²) in [5.41, 5.74) is 5.46. The molecule has 2 N–H and O–H groups in total. The fraction of sp³-hybridized carbons (Fsp3) is 1.00. The second-order valence-electron chi connectivity index (χ2n) is 4.22. The highest BCUT2D eigenvalue weighted by Gasteiger charge is 2.09. The van der Waals surface area contributed by atoms with E-state index in [1.165, 1.54) is 0 Å². The van der Waals surface area contributed by atoms with Crippen LogP contribution in [0.3, 0.4) is 0 Å². The van der Waals surface area contributed by atoms with Gasteiger partial charge >= 0.3 is 0 Å². The monoisotopic (exact) mass is 205 g/mol. The minimum atomic E-state index is -0.00232. The molecule has 0 bridgehead atoms. The maximum atomic E-state index is 5.61. The summed E-state index contributed by atoms with van der Waals surface area (Å²) >= 11 is 1.94. The molecule has 0 aliphatic carbocycles. The number of ether oxygens (including phenoxy) is 1.